The Morgan fingerprint density at radius 2 is 2.45 bits per heavy atom. The molecule has 1 aliphatic rings. The zero-order valence-electron chi connectivity index (χ0n) is 6.16. The van der Waals surface area contributed by atoms with Gasteiger partial charge in [-0.2, -0.15) is 5.10 Å². The van der Waals surface area contributed by atoms with Crippen molar-refractivity contribution < 1.29 is 4.79 Å². The van der Waals surface area contributed by atoms with Crippen molar-refractivity contribution in [1.82, 2.24) is 10.7 Å². The molecule has 0 radical (unpaired) electrons. The fraction of sp³-hybridized carbons (Fsp3) is 0.143. The summed E-state index contributed by atoms with van der Waals surface area (Å²) in [6.45, 7) is 1.44. The van der Waals surface area contributed by atoms with Gasteiger partial charge in [0.1, 0.15) is 0 Å². The lowest BCUT2D eigenvalue weighted by atomic mass is 10.4. The fourth-order valence-electron chi connectivity index (χ4n) is 0.639. The van der Waals surface area contributed by atoms with Crippen LogP contribution in [0.25, 0.3) is 0 Å². The highest BCUT2D eigenvalue weighted by Gasteiger charge is 1.96. The summed E-state index contributed by atoms with van der Waals surface area (Å²) in [5.41, 5.74) is 2.63. The van der Waals surface area contributed by atoms with Crippen LogP contribution in [0.4, 0.5) is 0 Å². The first-order valence-corrected chi connectivity index (χ1v) is 3.23. The molecule has 1 heterocycles. The van der Waals surface area contributed by atoms with Gasteiger partial charge in [-0.15, -0.1) is 0 Å². The molecule has 1 rings (SSSR count). The molecule has 0 unspecified atom stereocenters. The Kier molecular flexibility index (Phi) is 2.43. The van der Waals surface area contributed by atoms with Crippen LogP contribution in [-0.4, -0.2) is 11.7 Å². The molecule has 1 amide bonds. The van der Waals surface area contributed by atoms with Gasteiger partial charge in [-0.3, -0.25) is 10.2 Å². The maximum atomic E-state index is 10.6. The van der Waals surface area contributed by atoms with Crippen LogP contribution in [0.15, 0.2) is 29.5 Å². The predicted octanol–water partition coefficient (Wildman–Crippen LogP) is 0.109. The van der Waals surface area contributed by atoms with Crippen molar-refractivity contribution in [1.29, 1.82) is 0 Å². The van der Waals surface area contributed by atoms with E-state index in [1.807, 2.05) is 0 Å². The number of hydrogen-bond acceptors (Lipinski definition) is 3. The Hall–Kier alpha value is -1.58. The molecule has 0 fully saturated rings. The number of amides is 1. The van der Waals surface area contributed by atoms with Crippen LogP contribution in [0.2, 0.25) is 0 Å². The molecule has 1 aliphatic heterocycles. The third-order valence-electron chi connectivity index (χ3n) is 1.03. The summed E-state index contributed by atoms with van der Waals surface area (Å²) in [7, 11) is 0. The zero-order valence-corrected chi connectivity index (χ0v) is 6.16. The third kappa shape index (κ3) is 2.66. The van der Waals surface area contributed by atoms with Gasteiger partial charge in [0.25, 0.3) is 0 Å². The van der Waals surface area contributed by atoms with Crippen molar-refractivity contribution >= 4 is 11.7 Å². The summed E-state index contributed by atoms with van der Waals surface area (Å²) in [4.78, 5) is 10.6. The van der Waals surface area contributed by atoms with Gasteiger partial charge >= 0.3 is 0 Å². The van der Waals surface area contributed by atoms with Gasteiger partial charge in [-0.1, -0.05) is 6.08 Å². The van der Waals surface area contributed by atoms with Gasteiger partial charge in [0.05, 0.1) is 0 Å². The van der Waals surface area contributed by atoms with E-state index in [1.165, 1.54) is 6.92 Å². The van der Waals surface area contributed by atoms with Crippen molar-refractivity contribution in [3.63, 3.8) is 0 Å². The molecule has 58 valence electrons. The second-order valence-electron chi connectivity index (χ2n) is 2.03. The molecular formula is C7H9N3O. The van der Waals surface area contributed by atoms with Crippen molar-refractivity contribution in [2.24, 2.45) is 5.10 Å². The minimum Gasteiger partial charge on any atom is -0.310 e. The topological polar surface area (TPSA) is 53.5 Å². The lowest BCUT2D eigenvalue weighted by molar-refractivity contribution is -0.117. The Balaban J connectivity index is 2.58. The summed E-state index contributed by atoms with van der Waals surface area (Å²) < 4.78 is 0. The molecule has 0 saturated heterocycles. The average Bonchev–Trinajstić information content (AvgIpc) is 2.14. The maximum absolute atomic E-state index is 10.6. The number of nitrogens with zero attached hydrogens (tertiary/aromatic N) is 1. The number of rotatable bonds is 0. The SMILES string of the molecule is CC(=O)NC1=NNC=CC=C1. The van der Waals surface area contributed by atoms with E-state index in [2.05, 4.69) is 15.8 Å². The predicted molar refractivity (Wildman–Crippen MR) is 42.7 cm³/mol. The number of carbonyl (C=O) groups excluding carboxylic acids is 1. The van der Waals surface area contributed by atoms with E-state index in [0.29, 0.717) is 5.84 Å². The fourth-order valence-corrected chi connectivity index (χ4v) is 0.639. The molecule has 0 aromatic heterocycles. The molecule has 0 atom stereocenters. The quantitative estimate of drug-likeness (QED) is 0.516. The van der Waals surface area contributed by atoms with E-state index < -0.39 is 0 Å². The third-order valence-corrected chi connectivity index (χ3v) is 1.03. The number of carbonyl (C=O) groups is 1. The van der Waals surface area contributed by atoms with Gasteiger partial charge in [0, 0.05) is 13.1 Å². The Morgan fingerprint density at radius 1 is 1.64 bits per heavy atom. The second-order valence-corrected chi connectivity index (χ2v) is 2.03. The first kappa shape index (κ1) is 7.53. The van der Waals surface area contributed by atoms with Crippen LogP contribution in [-0.2, 0) is 4.79 Å². The molecule has 0 aromatic rings. The number of amidine groups is 1. The summed E-state index contributed by atoms with van der Waals surface area (Å²) in [6, 6.07) is 0. The normalized spacial score (nSPS) is 14.8. The Labute approximate surface area is 64.7 Å². The molecule has 0 saturated carbocycles. The van der Waals surface area contributed by atoms with Crippen LogP contribution in [0.1, 0.15) is 6.92 Å². The van der Waals surface area contributed by atoms with Crippen LogP contribution >= 0.6 is 0 Å². The lowest BCUT2D eigenvalue weighted by Gasteiger charge is -1.98. The summed E-state index contributed by atoms with van der Waals surface area (Å²) in [5, 5.41) is 6.37. The van der Waals surface area contributed by atoms with Crippen LogP contribution < -0.4 is 10.7 Å². The Bertz CT molecular complexity index is 240. The van der Waals surface area contributed by atoms with E-state index >= 15 is 0 Å². The summed E-state index contributed by atoms with van der Waals surface area (Å²) >= 11 is 0. The molecule has 2 N–H and O–H groups in total. The smallest absolute Gasteiger partial charge is 0.222 e. The summed E-state index contributed by atoms with van der Waals surface area (Å²) in [6.07, 6.45) is 6.95. The first-order valence-electron chi connectivity index (χ1n) is 3.23. The van der Waals surface area contributed by atoms with E-state index in [4.69, 9.17) is 0 Å². The van der Waals surface area contributed by atoms with E-state index in [1.54, 1.807) is 24.4 Å². The van der Waals surface area contributed by atoms with Gasteiger partial charge in [0.15, 0.2) is 5.84 Å². The molecule has 4 heteroatoms. The maximum Gasteiger partial charge on any atom is 0.222 e. The van der Waals surface area contributed by atoms with Crippen LogP contribution in [0.5, 0.6) is 0 Å². The van der Waals surface area contributed by atoms with Crippen molar-refractivity contribution in [3.8, 4) is 0 Å². The molecule has 4 nitrogen and oxygen atoms in total. The van der Waals surface area contributed by atoms with Gasteiger partial charge in [-0.05, 0) is 12.2 Å². The largest absolute Gasteiger partial charge is 0.310 e. The molecule has 0 spiro atoms. The highest BCUT2D eigenvalue weighted by Crippen LogP contribution is 1.84. The minimum atomic E-state index is -0.128. The zero-order chi connectivity index (χ0) is 8.10. The highest BCUT2D eigenvalue weighted by atomic mass is 16.1. The van der Waals surface area contributed by atoms with E-state index in [-0.39, 0.29) is 5.91 Å². The number of hydrogen-bond donors (Lipinski definition) is 2. The monoisotopic (exact) mass is 151 g/mol. The van der Waals surface area contributed by atoms with Crippen molar-refractivity contribution in [2.45, 2.75) is 6.92 Å². The average molecular weight is 151 g/mol. The molecule has 0 bridgehead atoms. The standard InChI is InChI=1S/C7H9N3O/c1-6(11)9-7-4-2-3-5-8-10-7/h2-5,8H,1H3,(H,9,10,11). The van der Waals surface area contributed by atoms with Crippen molar-refractivity contribution in [2.75, 3.05) is 0 Å². The first-order chi connectivity index (χ1) is 5.29. The second kappa shape index (κ2) is 3.55. The van der Waals surface area contributed by atoms with Crippen molar-refractivity contribution in [3.05, 3.63) is 24.4 Å². The van der Waals surface area contributed by atoms with Gasteiger partial charge in [0.2, 0.25) is 5.91 Å². The lowest BCUT2D eigenvalue weighted by Crippen LogP contribution is -2.27. The van der Waals surface area contributed by atoms with Gasteiger partial charge in [-0.25, -0.2) is 0 Å². The highest BCUT2D eigenvalue weighted by molar-refractivity contribution is 6.03. The minimum absolute atomic E-state index is 0.128. The van der Waals surface area contributed by atoms with Gasteiger partial charge < -0.3 is 5.32 Å². The molecular weight excluding hydrogens is 142 g/mol. The Morgan fingerprint density at radius 3 is 3.18 bits per heavy atom. The summed E-state index contributed by atoms with van der Waals surface area (Å²) in [5.74, 6) is 0.389. The molecule has 0 aromatic carbocycles. The number of hydrazone groups is 1. The van der Waals surface area contributed by atoms with E-state index in [9.17, 15) is 4.79 Å². The number of allylic oxidation sites excluding steroid dienone is 2. The molecule has 11 heavy (non-hydrogen) atoms. The number of nitrogens with one attached hydrogen (secondary N) is 2. The van der Waals surface area contributed by atoms with E-state index in [0.717, 1.165) is 0 Å². The van der Waals surface area contributed by atoms with Crippen LogP contribution in [0, 0.1) is 0 Å². The van der Waals surface area contributed by atoms with Crippen LogP contribution in [0.3, 0.4) is 0 Å². The molecule has 0 aliphatic carbocycles.